The second-order valence-corrected chi connectivity index (χ2v) is 9.98. The lowest BCUT2D eigenvalue weighted by Gasteiger charge is -2.34. The summed E-state index contributed by atoms with van der Waals surface area (Å²) in [5, 5.41) is 7.70. The zero-order valence-corrected chi connectivity index (χ0v) is 19.4. The molecule has 4 nitrogen and oxygen atoms in total. The highest BCUT2D eigenvalue weighted by molar-refractivity contribution is 6.30. The number of carbonyl (C=O) groups excluding carboxylic acids is 2. The van der Waals surface area contributed by atoms with Crippen LogP contribution in [0.4, 0.5) is 11.4 Å². The molecule has 0 saturated carbocycles. The van der Waals surface area contributed by atoms with Gasteiger partial charge < -0.3 is 10.6 Å². The molecule has 0 bridgehead atoms. The van der Waals surface area contributed by atoms with Gasteiger partial charge in [-0.2, -0.15) is 0 Å². The Morgan fingerprint density at radius 2 is 1.70 bits per heavy atom. The number of anilines is 2. The number of hydrogen-bond donors (Lipinski definition) is 2. The molecular formula is C28H25ClN2O2. The number of nitrogens with one attached hydrogen (secondary N) is 2. The molecule has 2 N–H and O–H groups in total. The molecule has 5 rings (SSSR count). The monoisotopic (exact) mass is 456 g/mol. The van der Waals surface area contributed by atoms with Gasteiger partial charge in [-0.25, -0.2) is 0 Å². The van der Waals surface area contributed by atoms with E-state index in [2.05, 4.69) is 24.5 Å². The minimum absolute atomic E-state index is 0.0370. The highest BCUT2D eigenvalue weighted by atomic mass is 35.5. The van der Waals surface area contributed by atoms with Crippen molar-refractivity contribution >= 4 is 34.5 Å². The van der Waals surface area contributed by atoms with Gasteiger partial charge in [0.15, 0.2) is 11.6 Å². The predicted octanol–water partition coefficient (Wildman–Crippen LogP) is 6.79. The number of fused-ring (bicyclic) bond motifs is 1. The summed E-state index contributed by atoms with van der Waals surface area (Å²) < 4.78 is 0. The van der Waals surface area contributed by atoms with Crippen LogP contribution in [0.25, 0.3) is 0 Å². The van der Waals surface area contributed by atoms with E-state index in [1.165, 1.54) is 0 Å². The summed E-state index contributed by atoms with van der Waals surface area (Å²) in [6.07, 6.45) is 1.23. The summed E-state index contributed by atoms with van der Waals surface area (Å²) in [7, 11) is 0. The standard InChI is InChI=1S/C28H25ClN2O2/c1-28(2)15-23-25(24(32)16-28)26(18-9-6-10-20(29)13-18)31-21-12-11-19(14-22(21)30-23)27(33)17-7-4-3-5-8-17/h3-14,26,30-31H,15-16H2,1-2H3. The number of ketones is 2. The van der Waals surface area contributed by atoms with Crippen LogP contribution in [-0.4, -0.2) is 11.6 Å². The van der Waals surface area contributed by atoms with Crippen molar-refractivity contribution in [2.45, 2.75) is 32.7 Å². The third-order valence-corrected chi connectivity index (χ3v) is 6.53. The molecule has 1 aliphatic heterocycles. The van der Waals surface area contributed by atoms with E-state index in [0.29, 0.717) is 22.6 Å². The van der Waals surface area contributed by atoms with E-state index < -0.39 is 0 Å². The SMILES string of the molecule is CC1(C)CC(=O)C2=C(C1)Nc1cc(C(=O)c3ccccc3)ccc1NC2c1cccc(Cl)c1. The van der Waals surface area contributed by atoms with Crippen molar-refractivity contribution in [3.05, 3.63) is 106 Å². The second-order valence-electron chi connectivity index (χ2n) is 9.55. The summed E-state index contributed by atoms with van der Waals surface area (Å²) >= 11 is 6.29. The first-order valence-electron chi connectivity index (χ1n) is 11.1. The summed E-state index contributed by atoms with van der Waals surface area (Å²) in [5.41, 5.74) is 5.29. The number of rotatable bonds is 3. The molecule has 3 aromatic rings. The molecule has 0 amide bonds. The maximum absolute atomic E-state index is 13.4. The minimum Gasteiger partial charge on any atom is -0.372 e. The van der Waals surface area contributed by atoms with Crippen LogP contribution in [0.5, 0.6) is 0 Å². The summed E-state index contributed by atoms with van der Waals surface area (Å²) in [4.78, 5) is 26.4. The fourth-order valence-electron chi connectivity index (χ4n) is 4.78. The minimum atomic E-state index is -0.327. The number of carbonyl (C=O) groups is 2. The van der Waals surface area contributed by atoms with Crippen molar-refractivity contribution in [2.75, 3.05) is 10.6 Å². The fraction of sp³-hybridized carbons (Fsp3) is 0.214. The van der Waals surface area contributed by atoms with Crippen molar-refractivity contribution in [2.24, 2.45) is 5.41 Å². The maximum Gasteiger partial charge on any atom is 0.193 e. The van der Waals surface area contributed by atoms with Crippen LogP contribution in [0, 0.1) is 5.41 Å². The van der Waals surface area contributed by atoms with E-state index in [9.17, 15) is 9.59 Å². The highest BCUT2D eigenvalue weighted by Gasteiger charge is 2.38. The topological polar surface area (TPSA) is 58.2 Å². The Labute approximate surface area is 198 Å². The molecule has 166 valence electrons. The largest absolute Gasteiger partial charge is 0.372 e. The Balaban J connectivity index is 1.61. The van der Waals surface area contributed by atoms with Crippen LogP contribution in [0.15, 0.2) is 84.1 Å². The van der Waals surface area contributed by atoms with Gasteiger partial charge in [0.05, 0.1) is 17.4 Å². The second kappa shape index (κ2) is 8.20. The average molecular weight is 457 g/mol. The molecule has 33 heavy (non-hydrogen) atoms. The van der Waals surface area contributed by atoms with Gasteiger partial charge in [0.1, 0.15) is 0 Å². The number of Topliss-reactive ketones (excluding diaryl/α,β-unsaturated/α-hetero) is 1. The van der Waals surface area contributed by atoms with Gasteiger partial charge in [-0.05, 0) is 47.7 Å². The van der Waals surface area contributed by atoms with Crippen molar-refractivity contribution in [3.8, 4) is 0 Å². The first kappa shape index (κ1) is 21.5. The van der Waals surface area contributed by atoms with Gasteiger partial charge >= 0.3 is 0 Å². The van der Waals surface area contributed by atoms with Crippen LogP contribution >= 0.6 is 11.6 Å². The summed E-state index contributed by atoms with van der Waals surface area (Å²) in [6, 6.07) is 22.1. The Hall–Kier alpha value is -3.37. The number of halogens is 1. The van der Waals surface area contributed by atoms with Gasteiger partial charge in [0.25, 0.3) is 0 Å². The zero-order valence-electron chi connectivity index (χ0n) is 18.6. The molecule has 1 unspecified atom stereocenters. The van der Waals surface area contributed by atoms with E-state index in [-0.39, 0.29) is 23.0 Å². The van der Waals surface area contributed by atoms with Crippen LogP contribution < -0.4 is 10.6 Å². The fourth-order valence-corrected chi connectivity index (χ4v) is 4.98. The molecule has 0 spiro atoms. The van der Waals surface area contributed by atoms with E-state index in [4.69, 9.17) is 11.6 Å². The molecule has 2 aliphatic rings. The first-order valence-corrected chi connectivity index (χ1v) is 11.5. The Morgan fingerprint density at radius 3 is 2.45 bits per heavy atom. The van der Waals surface area contributed by atoms with Crippen molar-refractivity contribution in [1.82, 2.24) is 0 Å². The van der Waals surface area contributed by atoms with Crippen LogP contribution in [0.3, 0.4) is 0 Å². The first-order chi connectivity index (χ1) is 15.8. The quantitative estimate of drug-likeness (QED) is 0.426. The van der Waals surface area contributed by atoms with Gasteiger partial charge in [-0.15, -0.1) is 0 Å². The molecule has 3 aromatic carbocycles. The smallest absolute Gasteiger partial charge is 0.193 e. The predicted molar refractivity (Wildman–Crippen MR) is 133 cm³/mol. The number of benzene rings is 3. The van der Waals surface area contributed by atoms with Crippen LogP contribution in [0.2, 0.25) is 5.02 Å². The van der Waals surface area contributed by atoms with E-state index in [1.807, 2.05) is 72.8 Å². The van der Waals surface area contributed by atoms with Gasteiger partial charge in [-0.3, -0.25) is 9.59 Å². The Kier molecular flexibility index (Phi) is 5.34. The highest BCUT2D eigenvalue weighted by Crippen LogP contribution is 2.45. The van der Waals surface area contributed by atoms with Gasteiger partial charge in [-0.1, -0.05) is 67.9 Å². The lowest BCUT2D eigenvalue weighted by molar-refractivity contribution is -0.118. The number of allylic oxidation sites excluding steroid dienone is 1. The van der Waals surface area contributed by atoms with Crippen molar-refractivity contribution in [1.29, 1.82) is 0 Å². The molecule has 0 saturated heterocycles. The lowest BCUT2D eigenvalue weighted by Crippen LogP contribution is -2.31. The third-order valence-electron chi connectivity index (χ3n) is 6.29. The van der Waals surface area contributed by atoms with E-state index in [1.54, 1.807) is 0 Å². The van der Waals surface area contributed by atoms with Gasteiger partial charge in [0.2, 0.25) is 0 Å². The van der Waals surface area contributed by atoms with E-state index in [0.717, 1.165) is 34.6 Å². The molecular weight excluding hydrogens is 432 g/mol. The van der Waals surface area contributed by atoms with Crippen LogP contribution in [0.1, 0.15) is 54.2 Å². The molecule has 0 radical (unpaired) electrons. The zero-order chi connectivity index (χ0) is 23.2. The Bertz CT molecular complexity index is 1290. The van der Waals surface area contributed by atoms with Crippen LogP contribution in [-0.2, 0) is 4.79 Å². The maximum atomic E-state index is 13.4. The van der Waals surface area contributed by atoms with Crippen molar-refractivity contribution < 1.29 is 9.59 Å². The average Bonchev–Trinajstić information content (AvgIpc) is 2.94. The molecule has 5 heteroatoms. The molecule has 0 aromatic heterocycles. The lowest BCUT2D eigenvalue weighted by atomic mass is 9.73. The number of hydrogen-bond acceptors (Lipinski definition) is 4. The summed E-state index contributed by atoms with van der Waals surface area (Å²) in [6.45, 7) is 4.22. The third kappa shape index (κ3) is 4.19. The molecule has 0 fully saturated rings. The van der Waals surface area contributed by atoms with Gasteiger partial charge in [0, 0.05) is 33.8 Å². The van der Waals surface area contributed by atoms with E-state index >= 15 is 0 Å². The normalized spacial score (nSPS) is 19.0. The summed E-state index contributed by atoms with van der Waals surface area (Å²) in [5.74, 6) is 0.0877. The molecule has 1 aliphatic carbocycles. The molecule has 1 atom stereocenters. The van der Waals surface area contributed by atoms with Crippen molar-refractivity contribution in [3.63, 3.8) is 0 Å². The molecule has 1 heterocycles. The Morgan fingerprint density at radius 1 is 0.909 bits per heavy atom.